The van der Waals surface area contributed by atoms with Crippen LogP contribution in [-0.2, 0) is 43.1 Å². The Balaban J connectivity index is 1.09. The van der Waals surface area contributed by atoms with E-state index in [0.29, 0.717) is 29.5 Å². The van der Waals surface area contributed by atoms with Gasteiger partial charge in [0.25, 0.3) is 11.8 Å². The minimum absolute atomic E-state index is 0.142. The Bertz CT molecular complexity index is 2180. The highest BCUT2D eigenvalue weighted by Gasteiger charge is 2.53. The molecule has 56 heavy (non-hydrogen) atoms. The van der Waals surface area contributed by atoms with E-state index in [9.17, 15) is 19.5 Å². The fraction of sp³-hybridized carbons (Fsp3) is 0.268. The number of anilines is 1. The fourth-order valence-corrected chi connectivity index (χ4v) is 9.39. The zero-order valence-corrected chi connectivity index (χ0v) is 32.1. The molecule has 0 bridgehead atoms. The second-order valence-electron chi connectivity index (χ2n) is 13.6. The Morgan fingerprint density at radius 2 is 1.66 bits per heavy atom. The molecule has 13 nitrogen and oxygen atoms in total. The van der Waals surface area contributed by atoms with E-state index < -0.39 is 41.0 Å². The number of fused-ring (bicyclic) bond motifs is 1. The summed E-state index contributed by atoms with van der Waals surface area (Å²) < 4.78 is 9.39. The second kappa shape index (κ2) is 16.1. The number of hydrogen-bond donors (Lipinski definition) is 2. The van der Waals surface area contributed by atoms with Crippen molar-refractivity contribution in [2.75, 3.05) is 17.7 Å². The van der Waals surface area contributed by atoms with Gasteiger partial charge in [0.2, 0.25) is 6.29 Å². The van der Waals surface area contributed by atoms with Crippen LogP contribution in [-0.4, -0.2) is 68.1 Å². The number of benzene rings is 3. The first-order chi connectivity index (χ1) is 27.3. The third-order valence-corrected chi connectivity index (χ3v) is 12.2. The molecule has 2 saturated heterocycles. The number of carbonyl (C=O) groups is 3. The number of thioether (sulfide) groups is 1. The number of β-lactam (4-membered cyclic amide) rings is 1. The molecule has 1 unspecified atom stereocenters. The van der Waals surface area contributed by atoms with E-state index in [1.54, 1.807) is 5.38 Å². The summed E-state index contributed by atoms with van der Waals surface area (Å²) in [7, 11) is 1.84. The Morgan fingerprint density at radius 3 is 2.23 bits per heavy atom. The summed E-state index contributed by atoms with van der Waals surface area (Å²) in [5.74, 6) is -2.36. The summed E-state index contributed by atoms with van der Waals surface area (Å²) in [5, 5.41) is 24.8. The Morgan fingerprint density at radius 1 is 1.00 bits per heavy atom. The average Bonchev–Trinajstić information content (AvgIpc) is 3.88. The molecule has 286 valence electrons. The topological polar surface area (TPSA) is 154 Å². The summed E-state index contributed by atoms with van der Waals surface area (Å²) in [6.07, 6.45) is 5.41. The van der Waals surface area contributed by atoms with Crippen molar-refractivity contribution >= 4 is 51.7 Å². The smallest absolute Gasteiger partial charge is 0.276 e. The third kappa shape index (κ3) is 7.20. The number of aromatic nitrogens is 3. The van der Waals surface area contributed by atoms with Crippen LogP contribution in [0.15, 0.2) is 131 Å². The highest BCUT2D eigenvalue weighted by Crippen LogP contribution is 2.42. The van der Waals surface area contributed by atoms with Crippen LogP contribution < -0.4 is 20.4 Å². The van der Waals surface area contributed by atoms with Crippen LogP contribution in [0.4, 0.5) is 5.13 Å². The first-order valence-corrected chi connectivity index (χ1v) is 20.2. The fourth-order valence-electron chi connectivity index (χ4n) is 7.31. The number of thiazole rings is 1. The first kappa shape index (κ1) is 37.2. The van der Waals surface area contributed by atoms with Crippen molar-refractivity contribution < 1.29 is 33.7 Å². The van der Waals surface area contributed by atoms with E-state index in [0.717, 1.165) is 29.5 Å². The van der Waals surface area contributed by atoms with Gasteiger partial charge in [-0.05, 0) is 35.1 Å². The van der Waals surface area contributed by atoms with Crippen molar-refractivity contribution in [3.63, 3.8) is 0 Å². The van der Waals surface area contributed by atoms with Gasteiger partial charge >= 0.3 is 0 Å². The van der Waals surface area contributed by atoms with Gasteiger partial charge in [0.1, 0.15) is 29.2 Å². The predicted molar refractivity (Wildman–Crippen MR) is 209 cm³/mol. The molecule has 0 radical (unpaired) electrons. The number of ether oxygens (including phenoxy) is 1. The Hall–Kier alpha value is -5.77. The van der Waals surface area contributed by atoms with Crippen molar-refractivity contribution in [2.45, 2.75) is 49.1 Å². The van der Waals surface area contributed by atoms with Gasteiger partial charge in [-0.2, -0.15) is 4.68 Å². The van der Waals surface area contributed by atoms with E-state index in [4.69, 9.17) is 14.6 Å². The van der Waals surface area contributed by atoms with Gasteiger partial charge in [-0.15, -0.1) is 27.8 Å². The predicted octanol–water partition coefficient (Wildman–Crippen LogP) is 3.52. The number of aryl methyl sites for hydroxylation is 1. The standard InChI is InChI=1S/C41H39N7O6S2/c1-46-21-13-22-47(46)24-27-25-55-38-34(37(50)48(38)35(27)39(51)52)43-36(49)33(45-54-32-20-11-12-23-53-32)31-26-56-40(42-31)44-41(28-14-5-2-6-15-28,29-16-7-3-8-17-29)30-18-9-4-10-19-30/h2-10,13-19,21-22,26,32,34,38H,11-12,20,23-25H2,1H3,(H2-,42,43,44,49,51,52)/t32?,34-,38-/m1/s1. The minimum Gasteiger partial charge on any atom is -0.543 e. The summed E-state index contributed by atoms with van der Waals surface area (Å²) in [5.41, 5.74) is 2.53. The van der Waals surface area contributed by atoms with Crippen LogP contribution >= 0.6 is 23.1 Å². The van der Waals surface area contributed by atoms with E-state index in [1.165, 1.54) is 28.0 Å². The second-order valence-corrected chi connectivity index (χ2v) is 15.6. The lowest BCUT2D eigenvalue weighted by atomic mass is 9.77. The lowest BCUT2D eigenvalue weighted by Crippen LogP contribution is -2.71. The molecule has 5 aromatic rings. The monoisotopic (exact) mass is 789 g/mol. The number of amides is 2. The van der Waals surface area contributed by atoms with E-state index in [2.05, 4.69) is 52.2 Å². The van der Waals surface area contributed by atoms with Crippen molar-refractivity contribution in [2.24, 2.45) is 12.2 Å². The largest absolute Gasteiger partial charge is 0.543 e. The molecule has 2 aromatic heterocycles. The zero-order valence-electron chi connectivity index (χ0n) is 30.4. The lowest BCUT2D eigenvalue weighted by Gasteiger charge is -2.50. The van der Waals surface area contributed by atoms with Crippen LogP contribution in [0.3, 0.4) is 0 Å². The number of aliphatic carboxylic acids is 1. The first-order valence-electron chi connectivity index (χ1n) is 18.3. The number of hydrogen-bond acceptors (Lipinski definition) is 11. The molecule has 0 aliphatic carbocycles. The molecule has 2 fully saturated rings. The summed E-state index contributed by atoms with van der Waals surface area (Å²) in [4.78, 5) is 52.1. The quantitative estimate of drug-likeness (QED) is 0.0600. The van der Waals surface area contributed by atoms with Crippen LogP contribution in [0.1, 0.15) is 41.6 Å². The summed E-state index contributed by atoms with van der Waals surface area (Å²) in [6.45, 7) is 0.780. The van der Waals surface area contributed by atoms with Crippen LogP contribution in [0.2, 0.25) is 0 Å². The molecule has 15 heteroatoms. The number of oxime groups is 1. The highest BCUT2D eigenvalue weighted by atomic mass is 32.2. The molecule has 8 rings (SSSR count). The molecular formula is C41H39N7O6S2. The van der Waals surface area contributed by atoms with E-state index in [1.807, 2.05) is 89.5 Å². The molecule has 3 aliphatic heterocycles. The number of carboxylic acids is 1. The molecule has 0 spiro atoms. The number of nitrogens with zero attached hydrogens (tertiary/aromatic N) is 5. The van der Waals surface area contributed by atoms with Crippen molar-refractivity contribution in [3.8, 4) is 0 Å². The van der Waals surface area contributed by atoms with Crippen LogP contribution in [0.25, 0.3) is 0 Å². The van der Waals surface area contributed by atoms with Gasteiger partial charge in [0.05, 0.1) is 24.5 Å². The van der Waals surface area contributed by atoms with E-state index >= 15 is 0 Å². The molecule has 2 N–H and O–H groups in total. The Labute approximate surface area is 331 Å². The maximum Gasteiger partial charge on any atom is 0.276 e. The molecule has 0 saturated carbocycles. The maximum absolute atomic E-state index is 14.2. The molecule has 3 aliphatic rings. The van der Waals surface area contributed by atoms with Gasteiger partial charge in [-0.3, -0.25) is 14.5 Å². The lowest BCUT2D eigenvalue weighted by molar-refractivity contribution is -0.752. The van der Waals surface area contributed by atoms with Gasteiger partial charge in [0, 0.05) is 23.6 Å². The number of rotatable bonds is 13. The summed E-state index contributed by atoms with van der Waals surface area (Å²) in [6, 6.07) is 31.1. The van der Waals surface area contributed by atoms with E-state index in [-0.39, 0.29) is 23.6 Å². The molecular weight excluding hydrogens is 751 g/mol. The van der Waals surface area contributed by atoms with Gasteiger partial charge in [0.15, 0.2) is 24.1 Å². The number of carbonyl (C=O) groups excluding carboxylic acids is 3. The van der Waals surface area contributed by atoms with Crippen molar-refractivity contribution in [1.82, 2.24) is 19.9 Å². The van der Waals surface area contributed by atoms with Gasteiger partial charge in [-0.1, -0.05) is 96.2 Å². The van der Waals surface area contributed by atoms with Crippen LogP contribution in [0, 0.1) is 0 Å². The molecule has 2 amide bonds. The SMILES string of the molecule is C[n+]1cccn1CC1=C(C(=O)[O-])N2C(=O)[C@@H](NC(=O)C(=NOC3CCCCO3)c3csc(NC(c4ccccc4)(c4ccccc4)c4ccccc4)n3)[C@H]2SC1. The maximum atomic E-state index is 14.2. The van der Waals surface area contributed by atoms with Gasteiger partial charge < -0.3 is 30.1 Å². The number of nitrogens with one attached hydrogen (secondary N) is 2. The highest BCUT2D eigenvalue weighted by molar-refractivity contribution is 8.00. The van der Waals surface area contributed by atoms with Crippen LogP contribution in [0.5, 0.6) is 0 Å². The molecule has 3 aromatic carbocycles. The summed E-state index contributed by atoms with van der Waals surface area (Å²) >= 11 is 2.68. The zero-order chi connectivity index (χ0) is 38.6. The van der Waals surface area contributed by atoms with Gasteiger partial charge in [-0.25, -0.2) is 4.98 Å². The average molecular weight is 790 g/mol. The Kier molecular flexibility index (Phi) is 10.7. The minimum atomic E-state index is -1.44. The third-order valence-electron chi connectivity index (χ3n) is 10.1. The van der Waals surface area contributed by atoms with Crippen molar-refractivity contribution in [1.29, 1.82) is 0 Å². The molecule has 3 atom stereocenters. The van der Waals surface area contributed by atoms with Crippen molar-refractivity contribution in [3.05, 3.63) is 148 Å². The normalized spacial score (nSPS) is 19.9. The molecule has 5 heterocycles. The number of carboxylic acid groups (broad SMARTS) is 1.